The van der Waals surface area contributed by atoms with Crippen LogP contribution in [0.25, 0.3) is 0 Å². The molecule has 0 heterocycles. The van der Waals surface area contributed by atoms with E-state index in [0.29, 0.717) is 32.4 Å². The predicted molar refractivity (Wildman–Crippen MR) is 111 cm³/mol. The van der Waals surface area contributed by atoms with E-state index in [0.717, 1.165) is 22.6 Å². The van der Waals surface area contributed by atoms with Gasteiger partial charge in [0.2, 0.25) is 11.8 Å². The van der Waals surface area contributed by atoms with E-state index in [2.05, 4.69) is 10.6 Å². The molecule has 1 saturated carbocycles. The number of amides is 2. The molecule has 2 atom stereocenters. The standard InChI is InChI=1S/C23H28N2O4/c1-28-20-9-5-3-7-16(20)11-13-24-22(26)18-15-19(18)23(27)25-14-12-17-8-4-6-10-21(17)29-2/h3-10,18-19H,11-15H2,1-2H3,(H,24,26)(H,25,27). The molecule has 2 N–H and O–H groups in total. The molecule has 1 aliphatic carbocycles. The summed E-state index contributed by atoms with van der Waals surface area (Å²) in [7, 11) is 3.28. The highest BCUT2D eigenvalue weighted by atomic mass is 16.5. The van der Waals surface area contributed by atoms with Gasteiger partial charge in [-0.15, -0.1) is 0 Å². The molecular weight excluding hydrogens is 368 g/mol. The molecule has 6 nitrogen and oxygen atoms in total. The minimum absolute atomic E-state index is 0.0511. The monoisotopic (exact) mass is 396 g/mol. The molecule has 2 aromatic carbocycles. The highest BCUT2D eigenvalue weighted by Crippen LogP contribution is 2.38. The van der Waals surface area contributed by atoms with E-state index >= 15 is 0 Å². The fraction of sp³-hybridized carbons (Fsp3) is 0.391. The second-order valence-corrected chi connectivity index (χ2v) is 7.15. The highest BCUT2D eigenvalue weighted by Gasteiger charge is 2.47. The van der Waals surface area contributed by atoms with Gasteiger partial charge >= 0.3 is 0 Å². The number of carbonyl (C=O) groups excluding carboxylic acids is 2. The zero-order valence-electron chi connectivity index (χ0n) is 16.9. The number of hydrogen-bond donors (Lipinski definition) is 2. The molecule has 0 aromatic heterocycles. The number of methoxy groups -OCH3 is 2. The summed E-state index contributed by atoms with van der Waals surface area (Å²) in [5, 5.41) is 5.87. The Bertz CT molecular complexity index is 783. The minimum Gasteiger partial charge on any atom is -0.496 e. The second kappa shape index (κ2) is 9.96. The van der Waals surface area contributed by atoms with Crippen LogP contribution < -0.4 is 20.1 Å². The fourth-order valence-corrected chi connectivity index (χ4v) is 3.50. The molecule has 0 aliphatic heterocycles. The van der Waals surface area contributed by atoms with Crippen molar-refractivity contribution in [2.75, 3.05) is 27.3 Å². The van der Waals surface area contributed by atoms with Gasteiger partial charge in [-0.2, -0.15) is 0 Å². The molecule has 0 spiro atoms. The molecule has 1 aliphatic rings. The van der Waals surface area contributed by atoms with Crippen LogP contribution in [0.15, 0.2) is 48.5 Å². The lowest BCUT2D eigenvalue weighted by Crippen LogP contribution is -2.32. The van der Waals surface area contributed by atoms with Crippen molar-refractivity contribution in [2.24, 2.45) is 11.8 Å². The molecule has 6 heteroatoms. The summed E-state index contributed by atoms with van der Waals surface area (Å²) >= 11 is 0. The normalized spacial score (nSPS) is 17.3. The SMILES string of the molecule is COc1ccccc1CCNC(=O)C1CC1C(=O)NCCc1ccccc1OC. The van der Waals surface area contributed by atoms with Gasteiger partial charge < -0.3 is 20.1 Å². The number of rotatable bonds is 10. The van der Waals surface area contributed by atoms with E-state index in [1.165, 1.54) is 0 Å². The van der Waals surface area contributed by atoms with Gasteiger partial charge in [0.25, 0.3) is 0 Å². The first-order valence-electron chi connectivity index (χ1n) is 9.93. The summed E-state index contributed by atoms with van der Waals surface area (Å²) < 4.78 is 10.6. The summed E-state index contributed by atoms with van der Waals surface area (Å²) in [5.41, 5.74) is 2.11. The number of hydrogen-bond acceptors (Lipinski definition) is 4. The topological polar surface area (TPSA) is 76.7 Å². The van der Waals surface area contributed by atoms with Crippen LogP contribution in [-0.4, -0.2) is 39.1 Å². The van der Waals surface area contributed by atoms with E-state index in [4.69, 9.17) is 9.47 Å². The maximum absolute atomic E-state index is 12.3. The maximum atomic E-state index is 12.3. The Kier molecular flexibility index (Phi) is 7.11. The van der Waals surface area contributed by atoms with E-state index in [9.17, 15) is 9.59 Å². The summed E-state index contributed by atoms with van der Waals surface area (Å²) in [4.78, 5) is 24.6. The van der Waals surface area contributed by atoms with E-state index in [1.807, 2.05) is 48.5 Å². The zero-order valence-corrected chi connectivity index (χ0v) is 16.9. The third-order valence-corrected chi connectivity index (χ3v) is 5.24. The van der Waals surface area contributed by atoms with Gasteiger partial charge in [-0.1, -0.05) is 36.4 Å². The Labute approximate surface area is 171 Å². The third-order valence-electron chi connectivity index (χ3n) is 5.24. The number of para-hydroxylation sites is 2. The Hall–Kier alpha value is -3.02. The minimum atomic E-state index is -0.223. The van der Waals surface area contributed by atoms with Crippen LogP contribution in [0, 0.1) is 11.8 Å². The molecule has 0 saturated heterocycles. The van der Waals surface area contributed by atoms with Crippen molar-refractivity contribution in [1.82, 2.24) is 10.6 Å². The molecule has 0 bridgehead atoms. The first-order chi connectivity index (χ1) is 14.1. The predicted octanol–water partition coefficient (Wildman–Crippen LogP) is 2.36. The lowest BCUT2D eigenvalue weighted by molar-refractivity contribution is -0.127. The molecule has 154 valence electrons. The van der Waals surface area contributed by atoms with Crippen molar-refractivity contribution < 1.29 is 19.1 Å². The van der Waals surface area contributed by atoms with Crippen LogP contribution in [0.1, 0.15) is 17.5 Å². The van der Waals surface area contributed by atoms with Gasteiger partial charge in [-0.25, -0.2) is 0 Å². The van der Waals surface area contributed by atoms with Gasteiger partial charge in [-0.05, 0) is 42.5 Å². The van der Waals surface area contributed by atoms with Gasteiger partial charge in [0.05, 0.1) is 26.1 Å². The summed E-state index contributed by atoms with van der Waals surface area (Å²) in [6.45, 7) is 1.05. The lowest BCUT2D eigenvalue weighted by Gasteiger charge is -2.10. The van der Waals surface area contributed by atoms with Crippen molar-refractivity contribution in [3.8, 4) is 11.5 Å². The quantitative estimate of drug-likeness (QED) is 0.646. The molecule has 1 fully saturated rings. The van der Waals surface area contributed by atoms with E-state index in [1.54, 1.807) is 14.2 Å². The van der Waals surface area contributed by atoms with Crippen LogP contribution in [0.2, 0.25) is 0 Å². The first kappa shape index (κ1) is 20.7. The van der Waals surface area contributed by atoms with Crippen molar-refractivity contribution in [2.45, 2.75) is 19.3 Å². The molecule has 3 rings (SSSR count). The molecule has 29 heavy (non-hydrogen) atoms. The largest absolute Gasteiger partial charge is 0.496 e. The Morgan fingerprint density at radius 1 is 0.793 bits per heavy atom. The average Bonchev–Trinajstić information content (AvgIpc) is 3.55. The van der Waals surface area contributed by atoms with Gasteiger partial charge in [0.1, 0.15) is 11.5 Å². The number of ether oxygens (including phenoxy) is 2. The van der Waals surface area contributed by atoms with Crippen LogP contribution in [-0.2, 0) is 22.4 Å². The van der Waals surface area contributed by atoms with Crippen LogP contribution in [0.5, 0.6) is 11.5 Å². The summed E-state index contributed by atoms with van der Waals surface area (Å²) in [6.07, 6.45) is 2.00. The van der Waals surface area contributed by atoms with Crippen LogP contribution in [0.4, 0.5) is 0 Å². The highest BCUT2D eigenvalue weighted by molar-refractivity contribution is 5.92. The zero-order chi connectivity index (χ0) is 20.6. The van der Waals surface area contributed by atoms with Crippen LogP contribution in [0.3, 0.4) is 0 Å². The number of benzene rings is 2. The summed E-state index contributed by atoms with van der Waals surface area (Å²) in [5.74, 6) is 1.09. The first-order valence-corrected chi connectivity index (χ1v) is 9.93. The van der Waals surface area contributed by atoms with Gasteiger partial charge in [0.15, 0.2) is 0 Å². The van der Waals surface area contributed by atoms with E-state index in [-0.39, 0.29) is 23.7 Å². The van der Waals surface area contributed by atoms with Gasteiger partial charge in [0, 0.05) is 13.1 Å². The molecule has 0 radical (unpaired) electrons. The van der Waals surface area contributed by atoms with E-state index < -0.39 is 0 Å². The van der Waals surface area contributed by atoms with Gasteiger partial charge in [-0.3, -0.25) is 9.59 Å². The molecule has 2 unspecified atom stereocenters. The number of nitrogens with one attached hydrogen (secondary N) is 2. The van der Waals surface area contributed by atoms with Crippen LogP contribution >= 0.6 is 0 Å². The number of carbonyl (C=O) groups is 2. The second-order valence-electron chi connectivity index (χ2n) is 7.15. The molecular formula is C23H28N2O4. The van der Waals surface area contributed by atoms with Crippen molar-refractivity contribution in [3.63, 3.8) is 0 Å². The Morgan fingerprint density at radius 3 is 1.62 bits per heavy atom. The third kappa shape index (κ3) is 5.50. The van der Waals surface area contributed by atoms with Crippen molar-refractivity contribution in [3.05, 3.63) is 59.7 Å². The van der Waals surface area contributed by atoms with Crippen molar-refractivity contribution in [1.29, 1.82) is 0 Å². The Morgan fingerprint density at radius 2 is 1.21 bits per heavy atom. The lowest BCUT2D eigenvalue weighted by atomic mass is 10.1. The summed E-state index contributed by atoms with van der Waals surface area (Å²) in [6, 6.07) is 15.5. The smallest absolute Gasteiger partial charge is 0.223 e. The van der Waals surface area contributed by atoms with Crippen molar-refractivity contribution >= 4 is 11.8 Å². The maximum Gasteiger partial charge on any atom is 0.223 e. The average molecular weight is 396 g/mol. The fourth-order valence-electron chi connectivity index (χ4n) is 3.50. The molecule has 2 aromatic rings. The molecule has 2 amide bonds. The Balaban J connectivity index is 1.37.